The minimum absolute atomic E-state index is 0.0738. The van der Waals surface area contributed by atoms with Gasteiger partial charge < -0.3 is 19.9 Å². The molecule has 0 aromatic heterocycles. The maximum absolute atomic E-state index is 13.6. The van der Waals surface area contributed by atoms with Crippen LogP contribution in [-0.4, -0.2) is 6.61 Å². The van der Waals surface area contributed by atoms with Crippen LogP contribution >= 0.6 is 0 Å². The van der Waals surface area contributed by atoms with E-state index in [-0.39, 0.29) is 12.2 Å². The van der Waals surface area contributed by atoms with Crippen LogP contribution in [0.1, 0.15) is 12.5 Å². The van der Waals surface area contributed by atoms with E-state index in [1.54, 1.807) is 42.5 Å². The molecule has 0 aliphatic heterocycles. The van der Waals surface area contributed by atoms with Crippen LogP contribution in [0.4, 0.5) is 14.5 Å². The van der Waals surface area contributed by atoms with Crippen molar-refractivity contribution in [3.05, 3.63) is 77.9 Å². The molecule has 3 aromatic carbocycles. The van der Waals surface area contributed by atoms with Crippen LogP contribution in [0.3, 0.4) is 0 Å². The number of halogens is 2. The molecule has 0 saturated heterocycles. The molecule has 0 aliphatic rings. The number of hydrogen-bond donors (Lipinski definition) is 1. The van der Waals surface area contributed by atoms with Gasteiger partial charge in [0.2, 0.25) is 0 Å². The minimum Gasteiger partial charge on any atom is -0.494 e. The molecule has 3 rings (SSSR count). The highest BCUT2D eigenvalue weighted by atomic mass is 19.1. The van der Waals surface area contributed by atoms with Crippen molar-refractivity contribution < 1.29 is 23.0 Å². The van der Waals surface area contributed by atoms with E-state index in [1.165, 1.54) is 0 Å². The minimum atomic E-state index is -0.512. The average molecular weight is 371 g/mol. The summed E-state index contributed by atoms with van der Waals surface area (Å²) in [5.41, 5.74) is 6.58. The van der Waals surface area contributed by atoms with Crippen LogP contribution in [0, 0.1) is 11.6 Å². The first-order valence-corrected chi connectivity index (χ1v) is 8.42. The Balaban J connectivity index is 1.62. The molecule has 0 saturated carbocycles. The smallest absolute Gasteiger partial charge is 0.150 e. The van der Waals surface area contributed by atoms with Gasteiger partial charge in [0.1, 0.15) is 35.5 Å². The van der Waals surface area contributed by atoms with Crippen LogP contribution < -0.4 is 19.9 Å². The topological polar surface area (TPSA) is 53.7 Å². The highest BCUT2D eigenvalue weighted by Crippen LogP contribution is 2.31. The van der Waals surface area contributed by atoms with Crippen molar-refractivity contribution in [3.63, 3.8) is 0 Å². The standard InChI is InChI=1S/C21H19F2NO3/c1-2-25-18-8-10-21(20(24)12-18)27-17-6-4-16(5-7-17)26-13-14-11-15(22)3-9-19(14)23/h3-12H,2,13,24H2,1H3. The van der Waals surface area contributed by atoms with Gasteiger partial charge in [-0.15, -0.1) is 0 Å². The van der Waals surface area contributed by atoms with Crippen LogP contribution in [0.5, 0.6) is 23.0 Å². The molecule has 140 valence electrons. The normalized spacial score (nSPS) is 10.5. The van der Waals surface area contributed by atoms with Gasteiger partial charge in [0.15, 0.2) is 5.75 Å². The third-order valence-corrected chi connectivity index (χ3v) is 3.75. The van der Waals surface area contributed by atoms with Gasteiger partial charge >= 0.3 is 0 Å². The predicted molar refractivity (Wildman–Crippen MR) is 99.2 cm³/mol. The zero-order chi connectivity index (χ0) is 19.2. The third-order valence-electron chi connectivity index (χ3n) is 3.75. The van der Waals surface area contributed by atoms with Crippen molar-refractivity contribution in [2.75, 3.05) is 12.3 Å². The Labute approximate surface area is 156 Å². The Morgan fingerprint density at radius 1 is 0.815 bits per heavy atom. The molecule has 0 unspecified atom stereocenters. The lowest BCUT2D eigenvalue weighted by Crippen LogP contribution is -1.99. The van der Waals surface area contributed by atoms with Crippen molar-refractivity contribution in [3.8, 4) is 23.0 Å². The fourth-order valence-electron chi connectivity index (χ4n) is 2.42. The Bertz CT molecular complexity index is 914. The van der Waals surface area contributed by atoms with E-state index in [9.17, 15) is 8.78 Å². The number of ether oxygens (including phenoxy) is 3. The second kappa shape index (κ2) is 8.40. The number of anilines is 1. The first-order chi connectivity index (χ1) is 13.0. The Kier molecular flexibility index (Phi) is 5.76. The quantitative estimate of drug-likeness (QED) is 0.571. The number of hydrogen-bond acceptors (Lipinski definition) is 4. The lowest BCUT2D eigenvalue weighted by molar-refractivity contribution is 0.298. The number of rotatable bonds is 7. The SMILES string of the molecule is CCOc1ccc(Oc2ccc(OCc3cc(F)ccc3F)cc2)c(N)c1. The van der Waals surface area contributed by atoms with Crippen LogP contribution in [-0.2, 0) is 6.61 Å². The van der Waals surface area contributed by atoms with E-state index in [0.717, 1.165) is 18.2 Å². The summed E-state index contributed by atoms with van der Waals surface area (Å²) < 4.78 is 43.4. The molecular weight excluding hydrogens is 352 g/mol. The Morgan fingerprint density at radius 2 is 1.52 bits per heavy atom. The molecule has 0 bridgehead atoms. The van der Waals surface area contributed by atoms with Gasteiger partial charge in [0.25, 0.3) is 0 Å². The molecule has 0 amide bonds. The van der Waals surface area contributed by atoms with Crippen LogP contribution in [0.15, 0.2) is 60.7 Å². The maximum Gasteiger partial charge on any atom is 0.150 e. The van der Waals surface area contributed by atoms with Gasteiger partial charge in [0.05, 0.1) is 12.3 Å². The molecule has 0 heterocycles. The summed E-state index contributed by atoms with van der Waals surface area (Å²) in [5, 5.41) is 0. The van der Waals surface area contributed by atoms with Crippen molar-refractivity contribution in [2.24, 2.45) is 0 Å². The van der Waals surface area contributed by atoms with Gasteiger partial charge in [0, 0.05) is 11.6 Å². The summed E-state index contributed by atoms with van der Waals surface area (Å²) in [7, 11) is 0. The molecule has 0 atom stereocenters. The first kappa shape index (κ1) is 18.5. The molecule has 27 heavy (non-hydrogen) atoms. The highest BCUT2D eigenvalue weighted by molar-refractivity contribution is 5.57. The molecular formula is C21H19F2NO3. The van der Waals surface area contributed by atoms with Crippen molar-refractivity contribution in [1.82, 2.24) is 0 Å². The van der Waals surface area contributed by atoms with E-state index in [0.29, 0.717) is 35.3 Å². The largest absolute Gasteiger partial charge is 0.494 e. The van der Waals surface area contributed by atoms with Gasteiger partial charge in [-0.25, -0.2) is 8.78 Å². The lowest BCUT2D eigenvalue weighted by Gasteiger charge is -2.11. The zero-order valence-corrected chi connectivity index (χ0v) is 14.7. The molecule has 0 spiro atoms. The highest BCUT2D eigenvalue weighted by Gasteiger charge is 2.07. The third kappa shape index (κ3) is 4.88. The van der Waals surface area contributed by atoms with Gasteiger partial charge in [-0.2, -0.15) is 0 Å². The van der Waals surface area contributed by atoms with Crippen LogP contribution in [0.25, 0.3) is 0 Å². The molecule has 0 fully saturated rings. The summed E-state index contributed by atoms with van der Waals surface area (Å²) in [5.74, 6) is 1.24. The van der Waals surface area contributed by atoms with E-state index in [2.05, 4.69) is 0 Å². The van der Waals surface area contributed by atoms with E-state index in [4.69, 9.17) is 19.9 Å². The van der Waals surface area contributed by atoms with E-state index in [1.807, 2.05) is 6.92 Å². The molecule has 2 N–H and O–H groups in total. The van der Waals surface area contributed by atoms with Crippen molar-refractivity contribution in [1.29, 1.82) is 0 Å². The molecule has 0 radical (unpaired) electrons. The summed E-state index contributed by atoms with van der Waals surface area (Å²) in [6, 6.07) is 15.2. The van der Waals surface area contributed by atoms with E-state index >= 15 is 0 Å². The molecule has 3 aromatic rings. The molecule has 4 nitrogen and oxygen atoms in total. The summed E-state index contributed by atoms with van der Waals surface area (Å²) in [6.45, 7) is 2.38. The van der Waals surface area contributed by atoms with Gasteiger partial charge in [-0.3, -0.25) is 0 Å². The first-order valence-electron chi connectivity index (χ1n) is 8.42. The van der Waals surface area contributed by atoms with Crippen LogP contribution in [0.2, 0.25) is 0 Å². The summed E-state index contributed by atoms with van der Waals surface area (Å²) in [4.78, 5) is 0. The predicted octanol–water partition coefficient (Wildman–Crippen LogP) is 5.32. The Hall–Kier alpha value is -3.28. The number of benzene rings is 3. The number of nitrogens with two attached hydrogens (primary N) is 1. The fourth-order valence-corrected chi connectivity index (χ4v) is 2.42. The Morgan fingerprint density at radius 3 is 2.22 bits per heavy atom. The number of nitrogen functional groups attached to an aromatic ring is 1. The fraction of sp³-hybridized carbons (Fsp3) is 0.143. The van der Waals surface area contributed by atoms with Crippen molar-refractivity contribution >= 4 is 5.69 Å². The maximum atomic E-state index is 13.6. The zero-order valence-electron chi connectivity index (χ0n) is 14.7. The second-order valence-corrected chi connectivity index (χ2v) is 5.73. The lowest BCUT2D eigenvalue weighted by atomic mass is 10.2. The summed E-state index contributed by atoms with van der Waals surface area (Å²) >= 11 is 0. The monoisotopic (exact) mass is 371 g/mol. The summed E-state index contributed by atoms with van der Waals surface area (Å²) in [6.07, 6.45) is 0. The average Bonchev–Trinajstić information content (AvgIpc) is 2.66. The van der Waals surface area contributed by atoms with Gasteiger partial charge in [-0.1, -0.05) is 0 Å². The van der Waals surface area contributed by atoms with Gasteiger partial charge in [-0.05, 0) is 61.5 Å². The van der Waals surface area contributed by atoms with E-state index < -0.39 is 11.6 Å². The second-order valence-electron chi connectivity index (χ2n) is 5.73. The molecule has 6 heteroatoms. The molecule has 0 aliphatic carbocycles. The van der Waals surface area contributed by atoms with Crippen molar-refractivity contribution in [2.45, 2.75) is 13.5 Å².